The van der Waals surface area contributed by atoms with Crippen LogP contribution in [0.4, 0.5) is 5.69 Å². The molecule has 6 heteroatoms. The van der Waals surface area contributed by atoms with Crippen LogP contribution in [-0.2, 0) is 6.54 Å². The highest BCUT2D eigenvalue weighted by atomic mass is 16.5. The van der Waals surface area contributed by atoms with Crippen LogP contribution < -0.4 is 20.1 Å². The van der Waals surface area contributed by atoms with E-state index in [9.17, 15) is 9.59 Å². The van der Waals surface area contributed by atoms with Gasteiger partial charge in [0.05, 0.1) is 25.5 Å². The van der Waals surface area contributed by atoms with Crippen LogP contribution in [0, 0.1) is 0 Å². The Morgan fingerprint density at radius 1 is 0.793 bits per heavy atom. The SMILES string of the molecule is COc1ccc(C(=O)Nc2ccccc2C(=O)NCc2ccccc2)cc1OC. The molecule has 0 unspecified atom stereocenters. The van der Waals surface area contributed by atoms with Crippen molar-refractivity contribution in [1.29, 1.82) is 0 Å². The molecule has 0 aliphatic rings. The lowest BCUT2D eigenvalue weighted by atomic mass is 10.1. The summed E-state index contributed by atoms with van der Waals surface area (Å²) in [4.78, 5) is 25.3. The Hall–Kier alpha value is -3.80. The van der Waals surface area contributed by atoms with Crippen LogP contribution >= 0.6 is 0 Å². The van der Waals surface area contributed by atoms with Gasteiger partial charge in [-0.05, 0) is 35.9 Å². The molecule has 0 aromatic heterocycles. The normalized spacial score (nSPS) is 10.1. The van der Waals surface area contributed by atoms with Crippen LogP contribution in [0.5, 0.6) is 11.5 Å². The largest absolute Gasteiger partial charge is 0.493 e. The average molecular weight is 390 g/mol. The number of methoxy groups -OCH3 is 2. The Kier molecular flexibility index (Phi) is 6.47. The molecule has 0 fully saturated rings. The minimum absolute atomic E-state index is 0.267. The summed E-state index contributed by atoms with van der Waals surface area (Å²) in [5.41, 5.74) is 2.20. The summed E-state index contributed by atoms with van der Waals surface area (Å²) in [6.07, 6.45) is 0. The van der Waals surface area contributed by atoms with Gasteiger partial charge in [-0.15, -0.1) is 0 Å². The quantitative estimate of drug-likeness (QED) is 0.642. The monoisotopic (exact) mass is 390 g/mol. The first-order chi connectivity index (χ1) is 14.1. The Morgan fingerprint density at radius 3 is 2.21 bits per heavy atom. The molecule has 0 aliphatic carbocycles. The number of rotatable bonds is 7. The van der Waals surface area contributed by atoms with Crippen LogP contribution in [0.3, 0.4) is 0 Å². The maximum Gasteiger partial charge on any atom is 0.255 e. The molecule has 0 aliphatic heterocycles. The summed E-state index contributed by atoms with van der Waals surface area (Å²) in [5.74, 6) is 0.366. The fourth-order valence-electron chi connectivity index (χ4n) is 2.84. The van der Waals surface area contributed by atoms with Crippen molar-refractivity contribution in [3.63, 3.8) is 0 Å². The van der Waals surface area contributed by atoms with Gasteiger partial charge in [0.2, 0.25) is 0 Å². The number of anilines is 1. The lowest BCUT2D eigenvalue weighted by Crippen LogP contribution is -2.24. The van der Waals surface area contributed by atoms with E-state index in [1.807, 2.05) is 30.3 Å². The molecular weight excluding hydrogens is 368 g/mol. The van der Waals surface area contributed by atoms with Crippen molar-refractivity contribution in [2.75, 3.05) is 19.5 Å². The van der Waals surface area contributed by atoms with Gasteiger partial charge in [-0.2, -0.15) is 0 Å². The Balaban J connectivity index is 1.75. The number of nitrogens with one attached hydrogen (secondary N) is 2. The Labute approximate surface area is 169 Å². The molecule has 3 rings (SSSR count). The summed E-state index contributed by atoms with van der Waals surface area (Å²) in [6, 6.07) is 21.4. The molecule has 148 valence electrons. The molecule has 0 saturated heterocycles. The zero-order chi connectivity index (χ0) is 20.6. The molecule has 0 spiro atoms. The van der Waals surface area contributed by atoms with Crippen LogP contribution in [0.15, 0.2) is 72.8 Å². The van der Waals surface area contributed by atoms with Crippen molar-refractivity contribution in [3.8, 4) is 11.5 Å². The van der Waals surface area contributed by atoms with E-state index in [4.69, 9.17) is 9.47 Å². The molecule has 29 heavy (non-hydrogen) atoms. The second-order valence-corrected chi connectivity index (χ2v) is 6.24. The highest BCUT2D eigenvalue weighted by Gasteiger charge is 2.15. The predicted molar refractivity (Wildman–Crippen MR) is 112 cm³/mol. The number of carbonyl (C=O) groups is 2. The van der Waals surface area contributed by atoms with E-state index in [1.165, 1.54) is 14.2 Å². The van der Waals surface area contributed by atoms with Gasteiger partial charge in [0.25, 0.3) is 11.8 Å². The second-order valence-electron chi connectivity index (χ2n) is 6.24. The van der Waals surface area contributed by atoms with Gasteiger partial charge in [-0.1, -0.05) is 42.5 Å². The molecule has 0 radical (unpaired) electrons. The summed E-state index contributed by atoms with van der Waals surface area (Å²) in [6.45, 7) is 0.400. The molecule has 0 heterocycles. The molecule has 3 aromatic rings. The maximum atomic E-state index is 12.7. The highest BCUT2D eigenvalue weighted by molar-refractivity contribution is 6.09. The van der Waals surface area contributed by atoms with Gasteiger partial charge in [-0.3, -0.25) is 9.59 Å². The molecule has 3 aromatic carbocycles. The summed E-state index contributed by atoms with van der Waals surface area (Å²) in [5, 5.41) is 5.67. The summed E-state index contributed by atoms with van der Waals surface area (Å²) in [7, 11) is 3.04. The Bertz CT molecular complexity index is 1000. The van der Waals surface area contributed by atoms with Gasteiger partial charge in [0.1, 0.15) is 0 Å². The zero-order valence-corrected chi connectivity index (χ0v) is 16.3. The van der Waals surface area contributed by atoms with Gasteiger partial charge < -0.3 is 20.1 Å². The fraction of sp³-hybridized carbons (Fsp3) is 0.130. The molecule has 0 bridgehead atoms. The van der Waals surface area contributed by atoms with Gasteiger partial charge in [0, 0.05) is 12.1 Å². The van der Waals surface area contributed by atoms with Crippen molar-refractivity contribution >= 4 is 17.5 Å². The summed E-state index contributed by atoms with van der Waals surface area (Å²) < 4.78 is 10.4. The molecule has 2 amide bonds. The maximum absolute atomic E-state index is 12.7. The number of carbonyl (C=O) groups excluding carboxylic acids is 2. The van der Waals surface area contributed by atoms with Gasteiger partial charge in [-0.25, -0.2) is 0 Å². The third-order valence-corrected chi connectivity index (χ3v) is 4.36. The van der Waals surface area contributed by atoms with Crippen LogP contribution in [0.1, 0.15) is 26.3 Å². The van der Waals surface area contributed by atoms with E-state index in [1.54, 1.807) is 42.5 Å². The third kappa shape index (κ3) is 4.93. The lowest BCUT2D eigenvalue weighted by Gasteiger charge is -2.13. The average Bonchev–Trinajstić information content (AvgIpc) is 2.78. The van der Waals surface area contributed by atoms with Crippen LogP contribution in [0.25, 0.3) is 0 Å². The van der Waals surface area contributed by atoms with Gasteiger partial charge in [0.15, 0.2) is 11.5 Å². The Morgan fingerprint density at radius 2 is 1.48 bits per heavy atom. The molecule has 6 nitrogen and oxygen atoms in total. The van der Waals surface area contributed by atoms with Crippen LogP contribution in [-0.4, -0.2) is 26.0 Å². The first-order valence-corrected chi connectivity index (χ1v) is 9.07. The minimum Gasteiger partial charge on any atom is -0.493 e. The van der Waals surface area contributed by atoms with E-state index >= 15 is 0 Å². The van der Waals surface area contributed by atoms with Crippen molar-refractivity contribution in [2.24, 2.45) is 0 Å². The number of hydrogen-bond donors (Lipinski definition) is 2. The number of para-hydroxylation sites is 1. The van der Waals surface area contributed by atoms with Crippen molar-refractivity contribution < 1.29 is 19.1 Å². The van der Waals surface area contributed by atoms with E-state index < -0.39 is 0 Å². The topological polar surface area (TPSA) is 76.7 Å². The smallest absolute Gasteiger partial charge is 0.255 e. The highest BCUT2D eigenvalue weighted by Crippen LogP contribution is 2.28. The minimum atomic E-state index is -0.353. The lowest BCUT2D eigenvalue weighted by molar-refractivity contribution is 0.0952. The standard InChI is InChI=1S/C23H22N2O4/c1-28-20-13-12-17(14-21(20)29-2)22(26)25-19-11-7-6-10-18(19)23(27)24-15-16-8-4-3-5-9-16/h3-14H,15H2,1-2H3,(H,24,27)(H,25,26). The van der Waals surface area contributed by atoms with E-state index in [0.717, 1.165) is 5.56 Å². The van der Waals surface area contributed by atoms with Crippen molar-refractivity contribution in [2.45, 2.75) is 6.54 Å². The van der Waals surface area contributed by atoms with Crippen LogP contribution in [0.2, 0.25) is 0 Å². The molecule has 2 N–H and O–H groups in total. The van der Waals surface area contributed by atoms with Crippen molar-refractivity contribution in [3.05, 3.63) is 89.5 Å². The fourth-order valence-corrected chi connectivity index (χ4v) is 2.84. The number of ether oxygens (including phenoxy) is 2. The van der Waals surface area contributed by atoms with E-state index in [2.05, 4.69) is 10.6 Å². The van der Waals surface area contributed by atoms with E-state index in [0.29, 0.717) is 34.9 Å². The number of benzene rings is 3. The first kappa shape index (κ1) is 19.9. The molecular formula is C23H22N2O4. The number of amides is 2. The van der Waals surface area contributed by atoms with Gasteiger partial charge >= 0.3 is 0 Å². The zero-order valence-electron chi connectivity index (χ0n) is 16.3. The van der Waals surface area contributed by atoms with E-state index in [-0.39, 0.29) is 11.8 Å². The predicted octanol–water partition coefficient (Wildman–Crippen LogP) is 3.89. The third-order valence-electron chi connectivity index (χ3n) is 4.36. The van der Waals surface area contributed by atoms with Crippen molar-refractivity contribution in [1.82, 2.24) is 5.32 Å². The molecule has 0 atom stereocenters. The second kappa shape index (κ2) is 9.41. The number of hydrogen-bond acceptors (Lipinski definition) is 4. The summed E-state index contributed by atoms with van der Waals surface area (Å²) >= 11 is 0. The molecule has 0 saturated carbocycles. The first-order valence-electron chi connectivity index (χ1n) is 9.07.